The second-order valence-electron chi connectivity index (χ2n) is 6.32. The molecule has 1 saturated carbocycles. The summed E-state index contributed by atoms with van der Waals surface area (Å²) in [5, 5.41) is 6.85. The molecule has 2 aliphatic rings. The number of nitrogens with one attached hydrogen (secondary N) is 2. The Labute approximate surface area is 153 Å². The van der Waals surface area contributed by atoms with E-state index in [0.717, 1.165) is 32.4 Å². The molecule has 3 rings (SSSR count). The smallest absolute Gasteiger partial charge is 0.228 e. The van der Waals surface area contributed by atoms with Gasteiger partial charge in [0.2, 0.25) is 5.91 Å². The van der Waals surface area contributed by atoms with Gasteiger partial charge in [-0.05, 0) is 49.9 Å². The van der Waals surface area contributed by atoms with Gasteiger partial charge in [0.25, 0.3) is 0 Å². The number of piperidine rings is 1. The molecule has 0 radical (unpaired) electrons. The predicted octanol–water partition coefficient (Wildman–Crippen LogP) is 3.12. The normalized spacial score (nSPS) is 21.0. The molecule has 1 saturated heterocycles. The molecular formula is C17H24Cl2N2O3. The van der Waals surface area contributed by atoms with Crippen LogP contribution in [0.25, 0.3) is 0 Å². The van der Waals surface area contributed by atoms with Gasteiger partial charge < -0.3 is 20.1 Å². The second-order valence-corrected chi connectivity index (χ2v) is 6.72. The van der Waals surface area contributed by atoms with Gasteiger partial charge in [0.1, 0.15) is 6.61 Å². The number of ether oxygens (including phenoxy) is 2. The fourth-order valence-electron chi connectivity index (χ4n) is 3.40. The van der Waals surface area contributed by atoms with Crippen LogP contribution in [0.4, 0.5) is 5.69 Å². The fourth-order valence-corrected chi connectivity index (χ4v) is 3.63. The van der Waals surface area contributed by atoms with Crippen molar-refractivity contribution in [3.8, 4) is 5.75 Å². The largest absolute Gasteiger partial charge is 0.487 e. The number of carbonyl (C=O) groups is 1. The van der Waals surface area contributed by atoms with Crippen molar-refractivity contribution < 1.29 is 14.3 Å². The monoisotopic (exact) mass is 374 g/mol. The van der Waals surface area contributed by atoms with E-state index in [1.54, 1.807) is 13.2 Å². The molecule has 1 aliphatic carbocycles. The zero-order valence-electron chi connectivity index (χ0n) is 13.8. The van der Waals surface area contributed by atoms with Gasteiger partial charge in [0.05, 0.1) is 17.3 Å². The summed E-state index contributed by atoms with van der Waals surface area (Å²) < 4.78 is 10.7. The standard InChI is InChI=1S/C17H23ClN2O3.ClH/c1-22-9-10-23-15-13(18)3-2-4-14(15)20-16(21)12-11-17(12)5-7-19-8-6-17;/h2-4,12,19H,5-11H2,1H3,(H,20,21);1H. The molecule has 1 spiro atoms. The van der Waals surface area contributed by atoms with Gasteiger partial charge in [0, 0.05) is 13.0 Å². The summed E-state index contributed by atoms with van der Waals surface area (Å²) in [6.07, 6.45) is 3.15. The zero-order valence-corrected chi connectivity index (χ0v) is 15.3. The molecule has 24 heavy (non-hydrogen) atoms. The Morgan fingerprint density at radius 1 is 1.38 bits per heavy atom. The predicted molar refractivity (Wildman–Crippen MR) is 97.3 cm³/mol. The molecule has 0 aromatic heterocycles. The summed E-state index contributed by atoms with van der Waals surface area (Å²) in [5.41, 5.74) is 0.847. The molecule has 1 aliphatic heterocycles. The lowest BCUT2D eigenvalue weighted by Crippen LogP contribution is -2.31. The molecule has 134 valence electrons. The highest BCUT2D eigenvalue weighted by Crippen LogP contribution is 2.59. The van der Waals surface area contributed by atoms with Crippen molar-refractivity contribution in [3.63, 3.8) is 0 Å². The molecule has 5 nitrogen and oxygen atoms in total. The van der Waals surface area contributed by atoms with Crippen LogP contribution in [0.1, 0.15) is 19.3 Å². The van der Waals surface area contributed by atoms with E-state index in [4.69, 9.17) is 21.1 Å². The lowest BCUT2D eigenvalue weighted by molar-refractivity contribution is -0.118. The van der Waals surface area contributed by atoms with E-state index >= 15 is 0 Å². The number of hydrogen-bond acceptors (Lipinski definition) is 4. The van der Waals surface area contributed by atoms with E-state index in [1.807, 2.05) is 12.1 Å². The van der Waals surface area contributed by atoms with Crippen LogP contribution in [0.15, 0.2) is 18.2 Å². The Bertz CT molecular complexity index is 577. The molecule has 1 unspecified atom stereocenters. The number of para-hydroxylation sites is 1. The van der Waals surface area contributed by atoms with Gasteiger partial charge in [-0.2, -0.15) is 0 Å². The molecule has 1 heterocycles. The van der Waals surface area contributed by atoms with Crippen LogP contribution in [0.2, 0.25) is 5.02 Å². The summed E-state index contributed by atoms with van der Waals surface area (Å²) in [4.78, 5) is 12.6. The maximum atomic E-state index is 12.6. The summed E-state index contributed by atoms with van der Waals surface area (Å²) in [5.74, 6) is 0.695. The van der Waals surface area contributed by atoms with Crippen LogP contribution in [-0.4, -0.2) is 39.3 Å². The van der Waals surface area contributed by atoms with Crippen LogP contribution in [0.5, 0.6) is 5.75 Å². The molecule has 1 aromatic rings. The highest BCUT2D eigenvalue weighted by atomic mass is 35.5. The van der Waals surface area contributed by atoms with Crippen LogP contribution < -0.4 is 15.4 Å². The number of hydrogen-bond donors (Lipinski definition) is 2. The number of rotatable bonds is 6. The average Bonchev–Trinajstić information content (AvgIpc) is 3.24. The first-order valence-electron chi connectivity index (χ1n) is 8.08. The number of amides is 1. The topological polar surface area (TPSA) is 59.6 Å². The minimum Gasteiger partial charge on any atom is -0.487 e. The van der Waals surface area contributed by atoms with Gasteiger partial charge in [-0.1, -0.05) is 17.7 Å². The van der Waals surface area contributed by atoms with Crippen molar-refractivity contribution in [1.82, 2.24) is 5.32 Å². The average molecular weight is 375 g/mol. The molecule has 2 N–H and O–H groups in total. The lowest BCUT2D eigenvalue weighted by Gasteiger charge is -2.23. The number of anilines is 1. The Kier molecular flexibility index (Phi) is 6.75. The third kappa shape index (κ3) is 4.14. The van der Waals surface area contributed by atoms with Crippen molar-refractivity contribution >= 4 is 35.6 Å². The molecule has 1 amide bonds. The van der Waals surface area contributed by atoms with Crippen molar-refractivity contribution in [2.45, 2.75) is 19.3 Å². The van der Waals surface area contributed by atoms with Gasteiger partial charge in [-0.15, -0.1) is 12.4 Å². The van der Waals surface area contributed by atoms with Crippen LogP contribution >= 0.6 is 24.0 Å². The van der Waals surface area contributed by atoms with Gasteiger partial charge in [-0.3, -0.25) is 4.79 Å². The summed E-state index contributed by atoms with van der Waals surface area (Å²) in [6.45, 7) is 2.87. The Morgan fingerprint density at radius 2 is 2.12 bits per heavy atom. The maximum absolute atomic E-state index is 12.6. The summed E-state index contributed by atoms with van der Waals surface area (Å²) in [7, 11) is 1.62. The minimum atomic E-state index is 0. The van der Waals surface area contributed by atoms with E-state index in [2.05, 4.69) is 10.6 Å². The Morgan fingerprint density at radius 3 is 2.83 bits per heavy atom. The van der Waals surface area contributed by atoms with E-state index in [-0.39, 0.29) is 29.6 Å². The lowest BCUT2D eigenvalue weighted by atomic mass is 9.92. The number of carbonyl (C=O) groups excluding carboxylic acids is 1. The van der Waals surface area contributed by atoms with E-state index in [9.17, 15) is 4.79 Å². The molecule has 2 fully saturated rings. The zero-order chi connectivity index (χ0) is 16.3. The van der Waals surface area contributed by atoms with Crippen LogP contribution in [0.3, 0.4) is 0 Å². The Balaban J connectivity index is 0.00000208. The van der Waals surface area contributed by atoms with Crippen molar-refractivity contribution in [2.75, 3.05) is 38.7 Å². The van der Waals surface area contributed by atoms with Gasteiger partial charge in [-0.25, -0.2) is 0 Å². The number of halogens is 2. The van der Waals surface area contributed by atoms with Crippen LogP contribution in [-0.2, 0) is 9.53 Å². The summed E-state index contributed by atoms with van der Waals surface area (Å²) in [6, 6.07) is 5.39. The third-order valence-corrected chi connectivity index (χ3v) is 5.16. The quantitative estimate of drug-likeness (QED) is 0.751. The fraction of sp³-hybridized carbons (Fsp3) is 0.588. The molecular weight excluding hydrogens is 351 g/mol. The van der Waals surface area contributed by atoms with E-state index in [0.29, 0.717) is 29.7 Å². The van der Waals surface area contributed by atoms with E-state index in [1.165, 1.54) is 0 Å². The number of methoxy groups -OCH3 is 1. The molecule has 7 heteroatoms. The van der Waals surface area contributed by atoms with Gasteiger partial charge in [0.15, 0.2) is 5.75 Å². The van der Waals surface area contributed by atoms with Crippen molar-refractivity contribution in [3.05, 3.63) is 23.2 Å². The highest BCUT2D eigenvalue weighted by Gasteiger charge is 2.57. The first kappa shape index (κ1) is 19.3. The summed E-state index contributed by atoms with van der Waals surface area (Å²) >= 11 is 6.20. The van der Waals surface area contributed by atoms with Crippen molar-refractivity contribution in [2.24, 2.45) is 11.3 Å². The molecule has 1 atom stereocenters. The minimum absolute atomic E-state index is 0. The van der Waals surface area contributed by atoms with Crippen molar-refractivity contribution in [1.29, 1.82) is 0 Å². The highest BCUT2D eigenvalue weighted by molar-refractivity contribution is 6.32. The van der Waals surface area contributed by atoms with E-state index < -0.39 is 0 Å². The first-order valence-corrected chi connectivity index (χ1v) is 8.46. The first-order chi connectivity index (χ1) is 11.2. The van der Waals surface area contributed by atoms with Gasteiger partial charge >= 0.3 is 0 Å². The maximum Gasteiger partial charge on any atom is 0.228 e. The molecule has 0 bridgehead atoms. The Hall–Kier alpha value is -1.01. The number of benzene rings is 1. The van der Waals surface area contributed by atoms with Crippen LogP contribution in [0, 0.1) is 11.3 Å². The molecule has 1 aromatic carbocycles. The SMILES string of the molecule is COCCOc1c(Cl)cccc1NC(=O)C1CC12CCNCC2.Cl. The second kappa shape index (κ2) is 8.39. The third-order valence-electron chi connectivity index (χ3n) is 4.86.